The second-order valence-corrected chi connectivity index (χ2v) is 14.1. The largest absolute Gasteiger partial charge is 0.247 e. The molecule has 248 valence electrons. The SMILES string of the molecule is N#Cc1ccc(-c2nc3ccccc3c3c4ccccc4c4cc(-c5c6ccccc6c(-c6cccc7ccccc67)c6ccccc56)ccc4c23)cc1. The van der Waals surface area contributed by atoms with Crippen LogP contribution >= 0.6 is 0 Å². The van der Waals surface area contributed by atoms with Gasteiger partial charge in [-0.2, -0.15) is 5.26 Å². The number of hydrogen-bond donors (Lipinski definition) is 0. The van der Waals surface area contributed by atoms with E-state index in [0.29, 0.717) is 5.56 Å². The molecule has 0 unspecified atom stereocenters. The van der Waals surface area contributed by atoms with Crippen LogP contribution in [0.25, 0.3) is 109 Å². The molecule has 2 nitrogen and oxygen atoms in total. The highest BCUT2D eigenvalue weighted by Crippen LogP contribution is 2.48. The van der Waals surface area contributed by atoms with Crippen molar-refractivity contribution in [1.82, 2.24) is 4.98 Å². The van der Waals surface area contributed by atoms with Crippen LogP contribution in [-0.4, -0.2) is 4.98 Å². The third-order valence-corrected chi connectivity index (χ3v) is 11.2. The van der Waals surface area contributed by atoms with Crippen molar-refractivity contribution in [3.05, 3.63) is 188 Å². The molecule has 54 heavy (non-hydrogen) atoms. The van der Waals surface area contributed by atoms with Crippen molar-refractivity contribution < 1.29 is 0 Å². The fourth-order valence-electron chi connectivity index (χ4n) is 8.92. The Hall–Kier alpha value is -7.34. The molecule has 1 heterocycles. The molecule has 0 aliphatic carbocycles. The molecular weight excluding hydrogens is 653 g/mol. The summed E-state index contributed by atoms with van der Waals surface area (Å²) in [5.74, 6) is 0. The second-order valence-electron chi connectivity index (χ2n) is 14.1. The summed E-state index contributed by atoms with van der Waals surface area (Å²) in [4.78, 5) is 5.33. The van der Waals surface area contributed by atoms with E-state index in [1.54, 1.807) is 0 Å². The van der Waals surface area contributed by atoms with Crippen molar-refractivity contribution in [1.29, 1.82) is 5.26 Å². The molecule has 0 fully saturated rings. The van der Waals surface area contributed by atoms with Crippen molar-refractivity contribution in [2.24, 2.45) is 0 Å². The van der Waals surface area contributed by atoms with Gasteiger partial charge in [-0.3, -0.25) is 0 Å². The van der Waals surface area contributed by atoms with Gasteiger partial charge in [0.15, 0.2) is 0 Å². The predicted octanol–water partition coefficient (Wildman–Crippen LogP) is 14.0. The molecule has 0 spiro atoms. The van der Waals surface area contributed by atoms with Crippen molar-refractivity contribution in [2.45, 2.75) is 0 Å². The Morgan fingerprint density at radius 2 is 0.907 bits per heavy atom. The second kappa shape index (κ2) is 11.9. The van der Waals surface area contributed by atoms with Gasteiger partial charge in [0.1, 0.15) is 0 Å². The smallest absolute Gasteiger partial charge is 0.0991 e. The Bertz CT molecular complexity index is 3320. The van der Waals surface area contributed by atoms with E-state index in [2.05, 4.69) is 164 Å². The quantitative estimate of drug-likeness (QED) is 0.137. The summed E-state index contributed by atoms with van der Waals surface area (Å²) < 4.78 is 0. The van der Waals surface area contributed by atoms with Crippen LogP contribution in [0.1, 0.15) is 5.56 Å². The highest BCUT2D eigenvalue weighted by atomic mass is 14.7. The Kier molecular flexibility index (Phi) is 6.65. The lowest BCUT2D eigenvalue weighted by Gasteiger charge is -2.20. The summed E-state index contributed by atoms with van der Waals surface area (Å²) in [7, 11) is 0. The standard InChI is InChI=1S/C52H30N2/c53-31-32-24-26-34(27-25-32)52-51-44-29-28-35(30-46(44)37-15-3-4-16-39(37)50(51)45-21-9-10-23-47(45)54-52)48-40-17-5-7-19-42(40)49(43-20-8-6-18-41(43)48)38-22-11-13-33-12-1-2-14-36(33)38/h1-30H. The van der Waals surface area contributed by atoms with Gasteiger partial charge in [-0.15, -0.1) is 0 Å². The summed E-state index contributed by atoms with van der Waals surface area (Å²) in [6.45, 7) is 0. The van der Waals surface area contributed by atoms with Crippen molar-refractivity contribution in [2.75, 3.05) is 0 Å². The molecule has 0 saturated carbocycles. The number of pyridine rings is 1. The Morgan fingerprint density at radius 1 is 0.370 bits per heavy atom. The Morgan fingerprint density at radius 3 is 1.61 bits per heavy atom. The Labute approximate surface area is 311 Å². The van der Waals surface area contributed by atoms with Gasteiger partial charge in [-0.1, -0.05) is 158 Å². The van der Waals surface area contributed by atoms with Gasteiger partial charge < -0.3 is 0 Å². The first-order chi connectivity index (χ1) is 26.8. The zero-order valence-corrected chi connectivity index (χ0v) is 29.2. The molecule has 0 bridgehead atoms. The minimum atomic E-state index is 0.634. The lowest BCUT2D eigenvalue weighted by molar-refractivity contribution is 1.42. The fourth-order valence-corrected chi connectivity index (χ4v) is 8.92. The van der Waals surface area contributed by atoms with Crippen LogP contribution in [0.15, 0.2) is 182 Å². The average Bonchev–Trinajstić information content (AvgIpc) is 3.25. The van der Waals surface area contributed by atoms with Crippen LogP contribution in [-0.2, 0) is 0 Å². The maximum absolute atomic E-state index is 9.57. The van der Waals surface area contributed by atoms with E-state index in [1.807, 2.05) is 24.3 Å². The number of fused-ring (bicyclic) bond motifs is 11. The van der Waals surface area contributed by atoms with E-state index in [4.69, 9.17) is 4.98 Å². The molecule has 11 aromatic rings. The molecule has 0 aliphatic heterocycles. The lowest BCUT2D eigenvalue weighted by atomic mass is 9.83. The lowest BCUT2D eigenvalue weighted by Crippen LogP contribution is -1.94. The number of nitriles is 1. The predicted molar refractivity (Wildman–Crippen MR) is 228 cm³/mol. The van der Waals surface area contributed by atoms with Crippen molar-refractivity contribution in [3.8, 4) is 39.6 Å². The van der Waals surface area contributed by atoms with E-state index in [9.17, 15) is 5.26 Å². The molecule has 2 heteroatoms. The van der Waals surface area contributed by atoms with Gasteiger partial charge in [-0.25, -0.2) is 4.98 Å². The molecule has 0 N–H and O–H groups in total. The van der Waals surface area contributed by atoms with E-state index < -0.39 is 0 Å². The summed E-state index contributed by atoms with van der Waals surface area (Å²) in [6.07, 6.45) is 0. The maximum Gasteiger partial charge on any atom is 0.0991 e. The molecule has 1 aromatic heterocycles. The summed E-state index contributed by atoms with van der Waals surface area (Å²) in [5, 5.41) is 25.2. The first-order valence-corrected chi connectivity index (χ1v) is 18.4. The van der Waals surface area contributed by atoms with Crippen LogP contribution in [0.4, 0.5) is 0 Å². The number of hydrogen-bond acceptors (Lipinski definition) is 2. The van der Waals surface area contributed by atoms with E-state index >= 15 is 0 Å². The number of benzene rings is 10. The molecule has 0 amide bonds. The summed E-state index contributed by atoms with van der Waals surface area (Å²) in [6, 6.07) is 67.5. The molecule has 10 aromatic carbocycles. The Balaban J connectivity index is 1.27. The number of aromatic nitrogens is 1. The van der Waals surface area contributed by atoms with Crippen LogP contribution in [0.3, 0.4) is 0 Å². The van der Waals surface area contributed by atoms with Gasteiger partial charge in [0.25, 0.3) is 0 Å². The highest BCUT2D eigenvalue weighted by molar-refractivity contribution is 6.34. The topological polar surface area (TPSA) is 36.7 Å². The van der Waals surface area contributed by atoms with Gasteiger partial charge in [0, 0.05) is 21.7 Å². The zero-order chi connectivity index (χ0) is 35.8. The zero-order valence-electron chi connectivity index (χ0n) is 29.2. The first kappa shape index (κ1) is 30.3. The van der Waals surface area contributed by atoms with Gasteiger partial charge in [0.2, 0.25) is 0 Å². The van der Waals surface area contributed by atoms with Crippen LogP contribution in [0, 0.1) is 11.3 Å². The molecule has 0 atom stereocenters. The van der Waals surface area contributed by atoms with Crippen molar-refractivity contribution >= 4 is 75.5 Å². The maximum atomic E-state index is 9.57. The number of para-hydroxylation sites is 1. The van der Waals surface area contributed by atoms with E-state index in [1.165, 1.54) is 76.1 Å². The number of rotatable bonds is 3. The van der Waals surface area contributed by atoms with Gasteiger partial charge in [-0.05, 0) is 100 Å². The average molecular weight is 683 g/mol. The monoisotopic (exact) mass is 682 g/mol. The van der Waals surface area contributed by atoms with Crippen molar-refractivity contribution in [3.63, 3.8) is 0 Å². The van der Waals surface area contributed by atoms with Gasteiger partial charge >= 0.3 is 0 Å². The van der Waals surface area contributed by atoms with E-state index in [-0.39, 0.29) is 0 Å². The first-order valence-electron chi connectivity index (χ1n) is 18.4. The summed E-state index contributed by atoms with van der Waals surface area (Å²) in [5.41, 5.74) is 8.43. The molecular formula is C52H30N2. The number of nitrogens with zero attached hydrogens (tertiary/aromatic N) is 2. The summed E-state index contributed by atoms with van der Waals surface area (Å²) >= 11 is 0. The molecule has 11 rings (SSSR count). The molecule has 0 saturated heterocycles. The third-order valence-electron chi connectivity index (χ3n) is 11.2. The van der Waals surface area contributed by atoms with Gasteiger partial charge in [0.05, 0.1) is 22.8 Å². The minimum Gasteiger partial charge on any atom is -0.247 e. The highest BCUT2D eigenvalue weighted by Gasteiger charge is 2.21. The molecule has 0 aliphatic rings. The van der Waals surface area contributed by atoms with Crippen LogP contribution < -0.4 is 0 Å². The fraction of sp³-hybridized carbons (Fsp3) is 0. The van der Waals surface area contributed by atoms with E-state index in [0.717, 1.165) is 32.9 Å². The van der Waals surface area contributed by atoms with Crippen LogP contribution in [0.5, 0.6) is 0 Å². The third kappa shape index (κ3) is 4.43. The molecule has 0 radical (unpaired) electrons. The normalized spacial score (nSPS) is 11.7. The minimum absolute atomic E-state index is 0.634. The van der Waals surface area contributed by atoms with Crippen LogP contribution in [0.2, 0.25) is 0 Å².